The minimum absolute atomic E-state index is 0.121. The van der Waals surface area contributed by atoms with Crippen molar-refractivity contribution in [2.75, 3.05) is 0 Å². The van der Waals surface area contributed by atoms with E-state index < -0.39 is 11.1 Å². The van der Waals surface area contributed by atoms with Crippen LogP contribution in [-0.4, -0.2) is 9.13 Å². The van der Waals surface area contributed by atoms with E-state index in [1.165, 1.54) is 17.0 Å². The van der Waals surface area contributed by atoms with Gasteiger partial charge in [0.2, 0.25) is 0 Å². The first kappa shape index (κ1) is 12.8. The van der Waals surface area contributed by atoms with Crippen molar-refractivity contribution in [1.82, 2.24) is 9.13 Å². The van der Waals surface area contributed by atoms with Crippen molar-refractivity contribution < 1.29 is 0 Å². The number of rotatable bonds is 3. The van der Waals surface area contributed by atoms with Crippen LogP contribution < -0.4 is 11.1 Å². The predicted molar refractivity (Wildman–Crippen MR) is 71.3 cm³/mol. The van der Waals surface area contributed by atoms with E-state index >= 15 is 0 Å². The topological polar surface area (TPSA) is 67.8 Å². The largest absolute Gasteiger partial charge is 0.321 e. The van der Waals surface area contributed by atoms with E-state index in [0.717, 1.165) is 16.6 Å². The lowest BCUT2D eigenvalue weighted by atomic mass is 10.1. The number of hydrogen-bond acceptors (Lipinski definition) is 3. The van der Waals surface area contributed by atoms with Crippen LogP contribution >= 0.6 is 0 Å². The monoisotopic (exact) mass is 255 g/mol. The minimum atomic E-state index is -0.685. The van der Waals surface area contributed by atoms with Gasteiger partial charge in [-0.05, 0) is 18.1 Å². The number of aryl methyl sites for hydroxylation is 1. The van der Waals surface area contributed by atoms with E-state index in [9.17, 15) is 9.59 Å². The molecule has 5 nitrogen and oxygen atoms in total. The Morgan fingerprint density at radius 1 is 1.16 bits per heavy atom. The lowest BCUT2D eigenvalue weighted by Crippen LogP contribution is -2.40. The summed E-state index contributed by atoms with van der Waals surface area (Å²) in [6.45, 7) is 1.87. The molecule has 1 aromatic heterocycles. The second-order valence-electron chi connectivity index (χ2n) is 4.05. The third-order valence-electron chi connectivity index (χ3n) is 2.93. The Kier molecular flexibility index (Phi) is 3.62. The van der Waals surface area contributed by atoms with Gasteiger partial charge in [0, 0.05) is 12.4 Å². The molecule has 0 aliphatic carbocycles. The molecule has 0 saturated carbocycles. The highest BCUT2D eigenvalue weighted by Crippen LogP contribution is 2.12. The third kappa shape index (κ3) is 2.33. The standard InChI is InChI=1S/C14H13N3O2/c1-2-11-5-3-4-6-12(11)17-10-9-16(8-7-15)13(18)14(17)19/h3-6,9-10H,2,8H2,1H3. The van der Waals surface area contributed by atoms with Crippen LogP contribution in [0, 0.1) is 11.3 Å². The van der Waals surface area contributed by atoms with Gasteiger partial charge in [0.15, 0.2) is 0 Å². The van der Waals surface area contributed by atoms with Crippen LogP contribution in [0.3, 0.4) is 0 Å². The van der Waals surface area contributed by atoms with Gasteiger partial charge in [-0.1, -0.05) is 25.1 Å². The molecule has 0 unspecified atom stereocenters. The highest BCUT2D eigenvalue weighted by Gasteiger charge is 2.08. The smallest absolute Gasteiger partial charge is 0.295 e. The Balaban J connectivity index is 2.66. The summed E-state index contributed by atoms with van der Waals surface area (Å²) in [4.78, 5) is 23.9. The first-order chi connectivity index (χ1) is 9.19. The molecule has 0 spiro atoms. The summed E-state index contributed by atoms with van der Waals surface area (Å²) in [5, 5.41) is 8.58. The van der Waals surface area contributed by atoms with Crippen molar-refractivity contribution in [3.05, 3.63) is 62.9 Å². The van der Waals surface area contributed by atoms with Gasteiger partial charge in [0.05, 0.1) is 11.8 Å². The lowest BCUT2D eigenvalue weighted by molar-refractivity contribution is 0.737. The molecule has 19 heavy (non-hydrogen) atoms. The summed E-state index contributed by atoms with van der Waals surface area (Å²) in [5.41, 5.74) is 0.367. The van der Waals surface area contributed by atoms with Crippen molar-refractivity contribution >= 4 is 0 Å². The third-order valence-corrected chi connectivity index (χ3v) is 2.93. The Morgan fingerprint density at radius 2 is 1.89 bits per heavy atom. The number of para-hydroxylation sites is 1. The summed E-state index contributed by atoms with van der Waals surface area (Å²) in [7, 11) is 0. The molecule has 0 N–H and O–H groups in total. The Bertz CT molecular complexity index is 750. The van der Waals surface area contributed by atoms with E-state index in [-0.39, 0.29) is 6.54 Å². The Labute approximate surface area is 110 Å². The van der Waals surface area contributed by atoms with Gasteiger partial charge < -0.3 is 0 Å². The second-order valence-corrected chi connectivity index (χ2v) is 4.05. The van der Waals surface area contributed by atoms with E-state index in [2.05, 4.69) is 0 Å². The summed E-state index contributed by atoms with van der Waals surface area (Å²) in [6, 6.07) is 9.28. The van der Waals surface area contributed by atoms with Gasteiger partial charge in [0.1, 0.15) is 6.54 Å². The molecule has 0 radical (unpaired) electrons. The van der Waals surface area contributed by atoms with Gasteiger partial charge in [0.25, 0.3) is 0 Å². The van der Waals surface area contributed by atoms with Crippen LogP contribution in [0.2, 0.25) is 0 Å². The van der Waals surface area contributed by atoms with Crippen molar-refractivity contribution in [2.45, 2.75) is 19.9 Å². The number of hydrogen-bond donors (Lipinski definition) is 0. The number of benzene rings is 1. The molecule has 0 aliphatic heterocycles. The summed E-state index contributed by atoms with van der Waals surface area (Å²) < 4.78 is 2.43. The fourth-order valence-electron chi connectivity index (χ4n) is 1.94. The molecule has 1 aromatic carbocycles. The number of nitrogens with zero attached hydrogens (tertiary/aromatic N) is 3. The summed E-state index contributed by atoms with van der Waals surface area (Å²) >= 11 is 0. The van der Waals surface area contributed by atoms with Crippen LogP contribution in [-0.2, 0) is 13.0 Å². The van der Waals surface area contributed by atoms with Crippen LogP contribution in [0.1, 0.15) is 12.5 Å². The van der Waals surface area contributed by atoms with Crippen molar-refractivity contribution in [1.29, 1.82) is 5.26 Å². The molecule has 0 bridgehead atoms. The average Bonchev–Trinajstić information content (AvgIpc) is 2.44. The van der Waals surface area contributed by atoms with Crippen molar-refractivity contribution in [3.63, 3.8) is 0 Å². The maximum atomic E-state index is 12.1. The molecule has 2 aromatic rings. The Hall–Kier alpha value is -2.61. The zero-order valence-corrected chi connectivity index (χ0v) is 10.5. The zero-order valence-electron chi connectivity index (χ0n) is 10.5. The minimum Gasteiger partial charge on any atom is -0.295 e. The van der Waals surface area contributed by atoms with E-state index in [4.69, 9.17) is 5.26 Å². The molecule has 2 rings (SSSR count). The fourth-order valence-corrected chi connectivity index (χ4v) is 1.94. The van der Waals surface area contributed by atoms with Crippen molar-refractivity contribution in [3.8, 4) is 11.8 Å². The molecule has 1 heterocycles. The second kappa shape index (κ2) is 5.36. The molecule has 0 amide bonds. The number of nitriles is 1. The van der Waals surface area contributed by atoms with E-state index in [1.54, 1.807) is 6.07 Å². The lowest BCUT2D eigenvalue weighted by Gasteiger charge is -2.10. The summed E-state index contributed by atoms with van der Waals surface area (Å²) in [5.74, 6) is 0. The fraction of sp³-hybridized carbons (Fsp3) is 0.214. The summed E-state index contributed by atoms with van der Waals surface area (Å²) in [6.07, 6.45) is 3.75. The van der Waals surface area contributed by atoms with Crippen LogP contribution in [0.4, 0.5) is 0 Å². The van der Waals surface area contributed by atoms with Crippen LogP contribution in [0.5, 0.6) is 0 Å². The molecular formula is C14H13N3O2. The average molecular weight is 255 g/mol. The molecule has 0 aliphatic rings. The first-order valence-electron chi connectivity index (χ1n) is 5.96. The van der Waals surface area contributed by atoms with Gasteiger partial charge >= 0.3 is 11.1 Å². The molecule has 0 atom stereocenters. The van der Waals surface area contributed by atoms with E-state index in [0.29, 0.717) is 5.69 Å². The molecule has 0 saturated heterocycles. The highest BCUT2D eigenvalue weighted by molar-refractivity contribution is 5.40. The van der Waals surface area contributed by atoms with Gasteiger partial charge in [-0.3, -0.25) is 18.7 Å². The zero-order chi connectivity index (χ0) is 13.8. The van der Waals surface area contributed by atoms with Crippen molar-refractivity contribution in [2.24, 2.45) is 0 Å². The molecule has 5 heteroatoms. The predicted octanol–water partition coefficient (Wildman–Crippen LogP) is 1.09. The maximum Gasteiger partial charge on any atom is 0.321 e. The first-order valence-corrected chi connectivity index (χ1v) is 5.96. The molecule has 0 fully saturated rings. The van der Waals surface area contributed by atoms with Gasteiger partial charge in [-0.25, -0.2) is 0 Å². The molecular weight excluding hydrogens is 242 g/mol. The molecule has 96 valence electrons. The highest BCUT2D eigenvalue weighted by atomic mass is 16.2. The van der Waals surface area contributed by atoms with Crippen LogP contribution in [0.25, 0.3) is 5.69 Å². The van der Waals surface area contributed by atoms with Gasteiger partial charge in [-0.15, -0.1) is 0 Å². The van der Waals surface area contributed by atoms with Gasteiger partial charge in [-0.2, -0.15) is 5.26 Å². The van der Waals surface area contributed by atoms with E-state index in [1.807, 2.05) is 31.2 Å². The maximum absolute atomic E-state index is 12.1. The Morgan fingerprint density at radius 3 is 2.58 bits per heavy atom. The quantitative estimate of drug-likeness (QED) is 0.771. The SMILES string of the molecule is CCc1ccccc1-n1ccn(CC#N)c(=O)c1=O. The van der Waals surface area contributed by atoms with Crippen LogP contribution in [0.15, 0.2) is 46.2 Å². The number of aromatic nitrogens is 2. The normalized spacial score (nSPS) is 10.1.